The lowest BCUT2D eigenvalue weighted by Crippen LogP contribution is -2.08. The molecule has 0 radical (unpaired) electrons. The van der Waals surface area contributed by atoms with Gasteiger partial charge in [0, 0.05) is 13.0 Å². The van der Waals surface area contributed by atoms with Gasteiger partial charge in [0.15, 0.2) is 6.61 Å². The van der Waals surface area contributed by atoms with Gasteiger partial charge in [-0.05, 0) is 24.1 Å². The summed E-state index contributed by atoms with van der Waals surface area (Å²) in [5.41, 5.74) is 7.05. The second-order valence-electron chi connectivity index (χ2n) is 4.10. The molecule has 0 saturated carbocycles. The van der Waals surface area contributed by atoms with Crippen molar-refractivity contribution in [3.63, 3.8) is 0 Å². The first-order chi connectivity index (χ1) is 8.69. The molecule has 1 atom stereocenters. The van der Waals surface area contributed by atoms with Crippen LogP contribution in [-0.2, 0) is 6.61 Å². The minimum atomic E-state index is 0.0823. The first-order valence-corrected chi connectivity index (χ1v) is 5.96. The Balaban J connectivity index is 1.94. The number of nitrogens with two attached hydrogens (primary N) is 1. The van der Waals surface area contributed by atoms with E-state index in [0.29, 0.717) is 18.3 Å². The lowest BCUT2D eigenvalue weighted by molar-refractivity contribution is 0.285. The van der Waals surface area contributed by atoms with E-state index in [9.17, 15) is 0 Å². The molecule has 96 valence electrons. The van der Waals surface area contributed by atoms with Gasteiger partial charge in [0.2, 0.25) is 11.7 Å². The highest BCUT2D eigenvalue weighted by molar-refractivity contribution is 5.29. The Morgan fingerprint density at radius 2 is 2.06 bits per heavy atom. The Labute approximate surface area is 106 Å². The highest BCUT2D eigenvalue weighted by atomic mass is 16.5. The van der Waals surface area contributed by atoms with Crippen molar-refractivity contribution < 1.29 is 9.26 Å². The summed E-state index contributed by atoms with van der Waals surface area (Å²) in [7, 11) is 0. The molecule has 0 aliphatic rings. The molecule has 2 aromatic rings. The zero-order chi connectivity index (χ0) is 13.0. The number of aromatic nitrogens is 2. The van der Waals surface area contributed by atoms with E-state index in [1.54, 1.807) is 6.92 Å². The van der Waals surface area contributed by atoms with Gasteiger partial charge < -0.3 is 15.0 Å². The molecule has 0 unspecified atom stereocenters. The summed E-state index contributed by atoms with van der Waals surface area (Å²) < 4.78 is 10.4. The quantitative estimate of drug-likeness (QED) is 0.877. The summed E-state index contributed by atoms with van der Waals surface area (Å²) in [5.74, 6) is 1.85. The smallest absolute Gasteiger partial charge is 0.223 e. The lowest BCUT2D eigenvalue weighted by atomic mass is 10.1. The lowest BCUT2D eigenvalue weighted by Gasteiger charge is -2.10. The molecular formula is C13H17N3O2. The van der Waals surface area contributed by atoms with Crippen LogP contribution >= 0.6 is 0 Å². The van der Waals surface area contributed by atoms with Gasteiger partial charge in [-0.3, -0.25) is 0 Å². The average molecular weight is 247 g/mol. The van der Waals surface area contributed by atoms with Crippen LogP contribution in [0.5, 0.6) is 5.75 Å². The van der Waals surface area contributed by atoms with Gasteiger partial charge in [0.25, 0.3) is 0 Å². The van der Waals surface area contributed by atoms with Gasteiger partial charge in [-0.2, -0.15) is 4.98 Å². The SMILES string of the molecule is CC[C@H](N)c1ccc(OCc2noc(C)n2)cc1. The summed E-state index contributed by atoms with van der Waals surface area (Å²) in [5, 5.41) is 3.76. The summed E-state index contributed by atoms with van der Waals surface area (Å²) in [4.78, 5) is 4.06. The predicted octanol–water partition coefficient (Wildman–Crippen LogP) is 2.37. The van der Waals surface area contributed by atoms with E-state index in [1.807, 2.05) is 24.3 Å². The minimum Gasteiger partial charge on any atom is -0.485 e. The van der Waals surface area contributed by atoms with E-state index in [4.69, 9.17) is 15.0 Å². The van der Waals surface area contributed by atoms with Crippen molar-refractivity contribution in [2.45, 2.75) is 32.9 Å². The molecule has 2 N–H and O–H groups in total. The van der Waals surface area contributed by atoms with Crippen LogP contribution in [0.15, 0.2) is 28.8 Å². The van der Waals surface area contributed by atoms with Crippen molar-refractivity contribution in [1.82, 2.24) is 10.1 Å². The number of rotatable bonds is 5. The fourth-order valence-corrected chi connectivity index (χ4v) is 1.59. The van der Waals surface area contributed by atoms with E-state index in [1.165, 1.54) is 0 Å². The predicted molar refractivity (Wildman–Crippen MR) is 67.0 cm³/mol. The number of benzene rings is 1. The van der Waals surface area contributed by atoms with Crippen molar-refractivity contribution in [2.24, 2.45) is 5.73 Å². The van der Waals surface area contributed by atoms with Crippen molar-refractivity contribution in [3.05, 3.63) is 41.5 Å². The second kappa shape index (κ2) is 5.64. The zero-order valence-electron chi connectivity index (χ0n) is 10.6. The Morgan fingerprint density at radius 1 is 1.33 bits per heavy atom. The van der Waals surface area contributed by atoms with Gasteiger partial charge >= 0.3 is 0 Å². The van der Waals surface area contributed by atoms with Crippen LogP contribution in [0.25, 0.3) is 0 Å². The van der Waals surface area contributed by atoms with Crippen molar-refractivity contribution >= 4 is 0 Å². The van der Waals surface area contributed by atoms with Gasteiger partial charge in [0.1, 0.15) is 5.75 Å². The molecule has 0 spiro atoms. The normalized spacial score (nSPS) is 12.4. The topological polar surface area (TPSA) is 74.2 Å². The van der Waals surface area contributed by atoms with Gasteiger partial charge in [-0.15, -0.1) is 0 Å². The Morgan fingerprint density at radius 3 is 2.61 bits per heavy atom. The third kappa shape index (κ3) is 3.07. The average Bonchev–Trinajstić information content (AvgIpc) is 2.82. The molecule has 1 aromatic carbocycles. The molecule has 0 saturated heterocycles. The van der Waals surface area contributed by atoms with Gasteiger partial charge in [-0.1, -0.05) is 24.2 Å². The molecule has 2 rings (SSSR count). The van der Waals surface area contributed by atoms with Crippen LogP contribution in [0.1, 0.15) is 36.7 Å². The maximum Gasteiger partial charge on any atom is 0.223 e. The van der Waals surface area contributed by atoms with Crippen LogP contribution in [0.4, 0.5) is 0 Å². The molecule has 5 nitrogen and oxygen atoms in total. The molecule has 0 fully saturated rings. The number of ether oxygens (including phenoxy) is 1. The third-order valence-corrected chi connectivity index (χ3v) is 2.69. The number of nitrogens with zero attached hydrogens (tertiary/aromatic N) is 2. The molecule has 0 aliphatic carbocycles. The molecule has 0 bridgehead atoms. The van der Waals surface area contributed by atoms with Crippen molar-refractivity contribution in [2.75, 3.05) is 0 Å². The van der Waals surface area contributed by atoms with E-state index in [2.05, 4.69) is 17.1 Å². The van der Waals surface area contributed by atoms with E-state index in [0.717, 1.165) is 17.7 Å². The van der Waals surface area contributed by atoms with Crippen LogP contribution in [-0.4, -0.2) is 10.1 Å². The zero-order valence-corrected chi connectivity index (χ0v) is 10.6. The summed E-state index contributed by atoms with van der Waals surface area (Å²) in [6.45, 7) is 4.11. The standard InChI is InChI=1S/C13H17N3O2/c1-3-12(14)10-4-6-11(7-5-10)17-8-13-15-9(2)18-16-13/h4-7,12H,3,8,14H2,1-2H3/t12-/m0/s1. The number of hydrogen-bond acceptors (Lipinski definition) is 5. The molecule has 1 aromatic heterocycles. The Hall–Kier alpha value is -1.88. The molecule has 0 aliphatic heterocycles. The van der Waals surface area contributed by atoms with Crippen LogP contribution in [0, 0.1) is 6.92 Å². The Bertz CT molecular complexity index is 493. The van der Waals surface area contributed by atoms with E-state index in [-0.39, 0.29) is 6.04 Å². The number of aryl methyl sites for hydroxylation is 1. The van der Waals surface area contributed by atoms with E-state index >= 15 is 0 Å². The van der Waals surface area contributed by atoms with Crippen molar-refractivity contribution in [3.8, 4) is 5.75 Å². The molecular weight excluding hydrogens is 230 g/mol. The van der Waals surface area contributed by atoms with Gasteiger partial charge in [-0.25, -0.2) is 0 Å². The monoisotopic (exact) mass is 247 g/mol. The molecule has 18 heavy (non-hydrogen) atoms. The molecule has 1 heterocycles. The largest absolute Gasteiger partial charge is 0.485 e. The highest BCUT2D eigenvalue weighted by Crippen LogP contribution is 2.18. The summed E-state index contributed by atoms with van der Waals surface area (Å²) in [6.07, 6.45) is 0.919. The van der Waals surface area contributed by atoms with Crippen LogP contribution in [0.2, 0.25) is 0 Å². The molecule has 5 heteroatoms. The third-order valence-electron chi connectivity index (χ3n) is 2.69. The fourth-order valence-electron chi connectivity index (χ4n) is 1.59. The molecule has 0 amide bonds. The minimum absolute atomic E-state index is 0.0823. The first kappa shape index (κ1) is 12.6. The number of hydrogen-bond donors (Lipinski definition) is 1. The summed E-state index contributed by atoms with van der Waals surface area (Å²) >= 11 is 0. The van der Waals surface area contributed by atoms with Crippen molar-refractivity contribution in [1.29, 1.82) is 0 Å². The highest BCUT2D eigenvalue weighted by Gasteiger charge is 2.05. The summed E-state index contributed by atoms with van der Waals surface area (Å²) in [6, 6.07) is 7.84. The first-order valence-electron chi connectivity index (χ1n) is 5.96. The van der Waals surface area contributed by atoms with Crippen LogP contribution in [0.3, 0.4) is 0 Å². The Kier molecular flexibility index (Phi) is 3.94. The van der Waals surface area contributed by atoms with Gasteiger partial charge in [0.05, 0.1) is 0 Å². The van der Waals surface area contributed by atoms with Crippen LogP contribution < -0.4 is 10.5 Å². The van der Waals surface area contributed by atoms with E-state index < -0.39 is 0 Å². The maximum atomic E-state index is 5.94. The fraction of sp³-hybridized carbons (Fsp3) is 0.385. The maximum absolute atomic E-state index is 5.94. The second-order valence-corrected chi connectivity index (χ2v) is 4.10.